The Morgan fingerprint density at radius 1 is 1.03 bits per heavy atom. The molecule has 0 bridgehead atoms. The minimum atomic E-state index is -4.54. The van der Waals surface area contributed by atoms with Crippen molar-refractivity contribution < 1.29 is 30.8 Å². The molecular weight excluding hydrogens is 559 g/mol. The number of benzene rings is 3. The third-order valence-corrected chi connectivity index (χ3v) is 7.53. The summed E-state index contributed by atoms with van der Waals surface area (Å²) in [7, 11) is -2.67. The standard InChI is InChI=1S/C26H17ClF3N3O5S/c1-37-23-13-19(15-3-2-4-17(11-15)26(28,29)30)20(27)14-22(23)33-21-7-6-18(12-16(21)5-8-25(33)34)39(35,36)32-24-9-10-38-31-24/h2-14H,1H3,(H,31,32). The fraction of sp³-hybridized carbons (Fsp3) is 0.0769. The van der Waals surface area contributed by atoms with Gasteiger partial charge < -0.3 is 9.26 Å². The number of hydrogen-bond donors (Lipinski definition) is 1. The van der Waals surface area contributed by atoms with Gasteiger partial charge in [-0.1, -0.05) is 28.9 Å². The number of fused-ring (bicyclic) bond motifs is 1. The maximum atomic E-state index is 13.3. The fourth-order valence-electron chi connectivity index (χ4n) is 4.07. The lowest BCUT2D eigenvalue weighted by atomic mass is 10.0. The number of rotatable bonds is 6. The van der Waals surface area contributed by atoms with Gasteiger partial charge in [0.15, 0.2) is 5.82 Å². The summed E-state index contributed by atoms with van der Waals surface area (Å²) >= 11 is 6.51. The molecule has 3 aromatic carbocycles. The van der Waals surface area contributed by atoms with Crippen molar-refractivity contribution in [1.29, 1.82) is 0 Å². The number of methoxy groups -OCH3 is 1. The molecule has 0 radical (unpaired) electrons. The molecule has 0 unspecified atom stereocenters. The Morgan fingerprint density at radius 3 is 2.51 bits per heavy atom. The first kappa shape index (κ1) is 26.3. The number of ether oxygens (including phenoxy) is 1. The van der Waals surface area contributed by atoms with Crippen LogP contribution in [-0.4, -0.2) is 25.3 Å². The SMILES string of the molecule is COc1cc(-c2cccc(C(F)(F)F)c2)c(Cl)cc1-n1c(=O)ccc2cc(S(=O)(=O)Nc3ccon3)ccc21. The van der Waals surface area contributed by atoms with Crippen LogP contribution in [0.1, 0.15) is 5.56 Å². The Hall–Kier alpha value is -4.29. The summed E-state index contributed by atoms with van der Waals surface area (Å²) in [4.78, 5) is 12.9. The molecule has 0 spiro atoms. The lowest BCUT2D eigenvalue weighted by Crippen LogP contribution is -2.19. The Balaban J connectivity index is 1.63. The van der Waals surface area contributed by atoms with E-state index in [9.17, 15) is 26.4 Å². The number of anilines is 1. The van der Waals surface area contributed by atoms with Crippen molar-refractivity contribution in [1.82, 2.24) is 9.72 Å². The van der Waals surface area contributed by atoms with Crippen LogP contribution in [0.3, 0.4) is 0 Å². The third kappa shape index (κ3) is 5.08. The number of nitrogens with one attached hydrogen (secondary N) is 1. The van der Waals surface area contributed by atoms with Crippen LogP contribution in [0.25, 0.3) is 27.7 Å². The van der Waals surface area contributed by atoms with E-state index in [1.54, 1.807) is 0 Å². The summed E-state index contributed by atoms with van der Waals surface area (Å²) in [6.07, 6.45) is -3.33. The lowest BCUT2D eigenvalue weighted by Gasteiger charge is -2.17. The van der Waals surface area contributed by atoms with E-state index in [1.165, 1.54) is 78.6 Å². The first-order chi connectivity index (χ1) is 18.5. The second-order valence-corrected chi connectivity index (χ2v) is 10.4. The Morgan fingerprint density at radius 2 is 1.82 bits per heavy atom. The Kier molecular flexibility index (Phi) is 6.60. The number of halogens is 4. The van der Waals surface area contributed by atoms with Crippen LogP contribution in [0.5, 0.6) is 5.75 Å². The summed E-state index contributed by atoms with van der Waals surface area (Å²) < 4.78 is 79.1. The van der Waals surface area contributed by atoms with E-state index < -0.39 is 27.3 Å². The summed E-state index contributed by atoms with van der Waals surface area (Å²) in [5.41, 5.74) is -0.286. The molecule has 0 aliphatic carbocycles. The summed E-state index contributed by atoms with van der Waals surface area (Å²) in [6.45, 7) is 0. The van der Waals surface area contributed by atoms with E-state index in [1.807, 2.05) is 0 Å². The Labute approximate surface area is 224 Å². The highest BCUT2D eigenvalue weighted by Crippen LogP contribution is 2.39. The van der Waals surface area contributed by atoms with Crippen molar-refractivity contribution in [2.24, 2.45) is 0 Å². The van der Waals surface area contributed by atoms with Crippen LogP contribution in [0.15, 0.2) is 93.3 Å². The van der Waals surface area contributed by atoms with Crippen molar-refractivity contribution >= 4 is 38.3 Å². The summed E-state index contributed by atoms with van der Waals surface area (Å²) in [5.74, 6) is 0.158. The molecule has 0 fully saturated rings. The molecule has 0 aliphatic rings. The molecule has 0 amide bonds. The number of aromatic nitrogens is 2. The second-order valence-electron chi connectivity index (χ2n) is 8.30. The van der Waals surface area contributed by atoms with Crippen LogP contribution >= 0.6 is 11.6 Å². The highest BCUT2D eigenvalue weighted by molar-refractivity contribution is 7.92. The number of alkyl halides is 3. The van der Waals surface area contributed by atoms with Gasteiger partial charge in [0.25, 0.3) is 15.6 Å². The Bertz CT molecular complexity index is 1870. The van der Waals surface area contributed by atoms with Gasteiger partial charge in [0, 0.05) is 23.1 Å². The zero-order valence-electron chi connectivity index (χ0n) is 19.9. The van der Waals surface area contributed by atoms with Gasteiger partial charge in [0.2, 0.25) is 0 Å². The van der Waals surface area contributed by atoms with Crippen molar-refractivity contribution in [3.05, 3.63) is 100.0 Å². The highest BCUT2D eigenvalue weighted by atomic mass is 35.5. The normalized spacial score (nSPS) is 12.0. The molecule has 8 nitrogen and oxygen atoms in total. The van der Waals surface area contributed by atoms with Crippen LogP contribution < -0.4 is 15.0 Å². The van der Waals surface area contributed by atoms with Gasteiger partial charge in [-0.05, 0) is 54.1 Å². The zero-order valence-corrected chi connectivity index (χ0v) is 21.4. The molecule has 5 aromatic rings. The van der Waals surface area contributed by atoms with Gasteiger partial charge in [0.1, 0.15) is 12.0 Å². The maximum Gasteiger partial charge on any atom is 0.416 e. The minimum Gasteiger partial charge on any atom is -0.495 e. The molecule has 0 aliphatic heterocycles. The van der Waals surface area contributed by atoms with E-state index in [2.05, 4.69) is 14.4 Å². The number of hydrogen-bond acceptors (Lipinski definition) is 6. The smallest absolute Gasteiger partial charge is 0.416 e. The summed E-state index contributed by atoms with van der Waals surface area (Å²) in [5, 5.41) is 4.01. The predicted octanol–water partition coefficient (Wildman–Crippen LogP) is 6.13. The van der Waals surface area contributed by atoms with E-state index in [0.29, 0.717) is 10.9 Å². The van der Waals surface area contributed by atoms with Crippen LogP contribution in [-0.2, 0) is 16.2 Å². The molecule has 0 saturated carbocycles. The van der Waals surface area contributed by atoms with Crippen molar-refractivity contribution in [3.8, 4) is 22.6 Å². The third-order valence-electron chi connectivity index (χ3n) is 5.86. The largest absolute Gasteiger partial charge is 0.495 e. The molecule has 5 rings (SSSR count). The van der Waals surface area contributed by atoms with Gasteiger partial charge in [-0.15, -0.1) is 0 Å². The van der Waals surface area contributed by atoms with Gasteiger partial charge >= 0.3 is 6.18 Å². The zero-order chi connectivity index (χ0) is 27.9. The molecule has 0 atom stereocenters. The molecule has 200 valence electrons. The average molecular weight is 576 g/mol. The molecule has 39 heavy (non-hydrogen) atoms. The minimum absolute atomic E-state index is 0.000283. The molecule has 13 heteroatoms. The van der Waals surface area contributed by atoms with Crippen molar-refractivity contribution in [3.63, 3.8) is 0 Å². The van der Waals surface area contributed by atoms with Crippen molar-refractivity contribution in [2.45, 2.75) is 11.1 Å². The molecule has 2 heterocycles. The van der Waals surface area contributed by atoms with Gasteiger partial charge in [-0.2, -0.15) is 13.2 Å². The van der Waals surface area contributed by atoms with E-state index >= 15 is 0 Å². The molecule has 0 saturated heterocycles. The van der Waals surface area contributed by atoms with E-state index in [4.69, 9.17) is 16.3 Å². The molecular formula is C26H17ClF3N3O5S. The highest BCUT2D eigenvalue weighted by Gasteiger charge is 2.30. The first-order valence-corrected chi connectivity index (χ1v) is 13.0. The summed E-state index contributed by atoms with van der Waals surface area (Å²) in [6, 6.07) is 15.7. The predicted molar refractivity (Wildman–Crippen MR) is 139 cm³/mol. The number of nitrogens with zero attached hydrogens (tertiary/aromatic N) is 2. The van der Waals surface area contributed by atoms with Gasteiger partial charge in [-0.25, -0.2) is 8.42 Å². The van der Waals surface area contributed by atoms with E-state index in [0.717, 1.165) is 12.1 Å². The van der Waals surface area contributed by atoms with Gasteiger partial charge in [-0.3, -0.25) is 14.1 Å². The van der Waals surface area contributed by atoms with Crippen LogP contribution in [0, 0.1) is 0 Å². The average Bonchev–Trinajstić information content (AvgIpc) is 3.40. The first-order valence-electron chi connectivity index (χ1n) is 11.1. The number of sulfonamides is 1. The lowest BCUT2D eigenvalue weighted by molar-refractivity contribution is -0.137. The molecule has 2 aromatic heterocycles. The second kappa shape index (κ2) is 9.79. The topological polar surface area (TPSA) is 103 Å². The maximum absolute atomic E-state index is 13.3. The van der Waals surface area contributed by atoms with Gasteiger partial charge in [0.05, 0.1) is 33.8 Å². The van der Waals surface area contributed by atoms with E-state index in [-0.39, 0.29) is 38.3 Å². The van der Waals surface area contributed by atoms with Crippen LogP contribution in [0.2, 0.25) is 5.02 Å². The monoisotopic (exact) mass is 575 g/mol. The molecule has 1 N–H and O–H groups in total. The van der Waals surface area contributed by atoms with Crippen LogP contribution in [0.4, 0.5) is 19.0 Å². The number of pyridine rings is 1. The quantitative estimate of drug-likeness (QED) is 0.261. The van der Waals surface area contributed by atoms with Crippen molar-refractivity contribution in [2.75, 3.05) is 11.8 Å². The fourth-order valence-corrected chi connectivity index (χ4v) is 5.36.